The van der Waals surface area contributed by atoms with E-state index in [1.54, 1.807) is 4.90 Å². The van der Waals surface area contributed by atoms with E-state index in [1.165, 1.54) is 11.9 Å². The van der Waals surface area contributed by atoms with E-state index in [9.17, 15) is 4.79 Å². The number of oxazole rings is 1. The summed E-state index contributed by atoms with van der Waals surface area (Å²) in [5, 5.41) is 0. The molecule has 0 aliphatic carbocycles. The zero-order valence-corrected chi connectivity index (χ0v) is 10.7. The number of rotatable bonds is 2. The molecule has 3 rings (SSSR count). The van der Waals surface area contributed by atoms with Crippen LogP contribution in [0.5, 0.6) is 0 Å². The third-order valence-electron chi connectivity index (χ3n) is 3.03. The SMILES string of the molecule is Cc1nc2c(o1)CCN(C=O)C2C1=CC=CNS1. The molecule has 1 N–H and O–H groups in total. The van der Waals surface area contributed by atoms with Gasteiger partial charge >= 0.3 is 0 Å². The monoisotopic (exact) mass is 263 g/mol. The van der Waals surface area contributed by atoms with Crippen LogP contribution in [0, 0.1) is 6.92 Å². The largest absolute Gasteiger partial charge is 0.446 e. The van der Waals surface area contributed by atoms with Gasteiger partial charge in [0.25, 0.3) is 0 Å². The molecular formula is C12H13N3O2S. The van der Waals surface area contributed by atoms with Crippen LogP contribution in [0.2, 0.25) is 0 Å². The lowest BCUT2D eigenvalue weighted by Gasteiger charge is -2.32. The van der Waals surface area contributed by atoms with E-state index >= 15 is 0 Å². The molecule has 0 fully saturated rings. The smallest absolute Gasteiger partial charge is 0.210 e. The van der Waals surface area contributed by atoms with E-state index in [4.69, 9.17) is 4.42 Å². The molecular weight excluding hydrogens is 250 g/mol. The molecule has 1 aromatic heterocycles. The summed E-state index contributed by atoms with van der Waals surface area (Å²) >= 11 is 1.50. The molecule has 18 heavy (non-hydrogen) atoms. The Morgan fingerprint density at radius 3 is 3.28 bits per heavy atom. The molecule has 5 nitrogen and oxygen atoms in total. The van der Waals surface area contributed by atoms with Gasteiger partial charge in [-0.15, -0.1) is 0 Å². The summed E-state index contributed by atoms with van der Waals surface area (Å²) < 4.78 is 8.67. The highest BCUT2D eigenvalue weighted by atomic mass is 32.2. The van der Waals surface area contributed by atoms with Gasteiger partial charge < -0.3 is 14.0 Å². The quantitative estimate of drug-likeness (QED) is 0.650. The predicted octanol–water partition coefficient (Wildman–Crippen LogP) is 1.69. The average Bonchev–Trinajstić information content (AvgIpc) is 2.78. The van der Waals surface area contributed by atoms with E-state index < -0.39 is 0 Å². The van der Waals surface area contributed by atoms with E-state index in [1.807, 2.05) is 25.3 Å². The number of carbonyl (C=O) groups excluding carboxylic acids is 1. The number of nitrogens with zero attached hydrogens (tertiary/aromatic N) is 2. The number of hydrogen-bond acceptors (Lipinski definition) is 5. The molecule has 6 heteroatoms. The molecule has 0 radical (unpaired) electrons. The first-order valence-corrected chi connectivity index (χ1v) is 6.57. The van der Waals surface area contributed by atoms with Gasteiger partial charge in [-0.3, -0.25) is 4.79 Å². The van der Waals surface area contributed by atoms with Crippen LogP contribution in [0.25, 0.3) is 0 Å². The second-order valence-electron chi connectivity index (χ2n) is 4.19. The summed E-state index contributed by atoms with van der Waals surface area (Å²) in [5.41, 5.74) is 0.863. The van der Waals surface area contributed by atoms with Crippen LogP contribution >= 0.6 is 11.9 Å². The van der Waals surface area contributed by atoms with Crippen LogP contribution in [0.3, 0.4) is 0 Å². The first-order valence-electron chi connectivity index (χ1n) is 5.76. The van der Waals surface area contributed by atoms with Crippen molar-refractivity contribution in [2.45, 2.75) is 19.4 Å². The molecule has 0 aromatic carbocycles. The Morgan fingerprint density at radius 1 is 1.67 bits per heavy atom. The van der Waals surface area contributed by atoms with Crippen molar-refractivity contribution in [3.63, 3.8) is 0 Å². The van der Waals surface area contributed by atoms with Crippen LogP contribution in [-0.4, -0.2) is 22.8 Å². The number of carbonyl (C=O) groups is 1. The Hall–Kier alpha value is -1.69. The lowest BCUT2D eigenvalue weighted by molar-refractivity contribution is -0.120. The molecule has 1 atom stereocenters. The fourth-order valence-electron chi connectivity index (χ4n) is 2.27. The van der Waals surface area contributed by atoms with Crippen molar-refractivity contribution in [3.05, 3.63) is 40.6 Å². The Kier molecular flexibility index (Phi) is 2.87. The molecule has 1 amide bonds. The minimum absolute atomic E-state index is 0.133. The standard InChI is InChI=1S/C12H13N3O2S/c1-8-14-11-9(17-8)4-6-15(7-16)12(11)10-3-2-5-13-18-10/h2-3,5,7,12-13H,4,6H2,1H3. The fraction of sp³-hybridized carbons (Fsp3) is 0.333. The third kappa shape index (κ3) is 1.82. The fourth-order valence-corrected chi connectivity index (χ4v) is 3.06. The maximum absolute atomic E-state index is 11.2. The third-order valence-corrected chi connectivity index (χ3v) is 3.88. The molecule has 3 heterocycles. The number of aromatic nitrogens is 1. The molecule has 1 unspecified atom stereocenters. The Balaban J connectivity index is 2.05. The number of fused-ring (bicyclic) bond motifs is 1. The van der Waals surface area contributed by atoms with E-state index in [0.717, 1.165) is 29.2 Å². The van der Waals surface area contributed by atoms with E-state index in [2.05, 4.69) is 9.71 Å². The van der Waals surface area contributed by atoms with Gasteiger partial charge in [-0.25, -0.2) is 4.98 Å². The summed E-state index contributed by atoms with van der Waals surface area (Å²) in [5.74, 6) is 1.55. The first kappa shape index (κ1) is 11.4. The molecule has 0 bridgehead atoms. The van der Waals surface area contributed by atoms with Crippen molar-refractivity contribution in [2.24, 2.45) is 0 Å². The molecule has 0 saturated carbocycles. The van der Waals surface area contributed by atoms with Gasteiger partial charge in [-0.05, 0) is 24.1 Å². The summed E-state index contributed by atoms with van der Waals surface area (Å²) in [6.07, 6.45) is 7.40. The van der Waals surface area contributed by atoms with Crippen molar-refractivity contribution in [3.8, 4) is 0 Å². The van der Waals surface area contributed by atoms with Crippen LogP contribution < -0.4 is 4.72 Å². The normalized spacial score (nSPS) is 22.2. The van der Waals surface area contributed by atoms with E-state index in [-0.39, 0.29) is 6.04 Å². The Bertz CT molecular complexity index is 535. The topological polar surface area (TPSA) is 58.4 Å². The Morgan fingerprint density at radius 2 is 2.56 bits per heavy atom. The van der Waals surface area contributed by atoms with Crippen molar-refractivity contribution in [2.75, 3.05) is 6.54 Å². The highest BCUT2D eigenvalue weighted by Gasteiger charge is 2.34. The second kappa shape index (κ2) is 4.53. The van der Waals surface area contributed by atoms with Crippen molar-refractivity contribution in [1.82, 2.24) is 14.6 Å². The maximum Gasteiger partial charge on any atom is 0.210 e. The zero-order valence-electron chi connectivity index (χ0n) is 9.92. The summed E-state index contributed by atoms with van der Waals surface area (Å²) in [4.78, 5) is 18.5. The molecule has 94 valence electrons. The van der Waals surface area contributed by atoms with Crippen molar-refractivity contribution < 1.29 is 9.21 Å². The molecule has 2 aliphatic heterocycles. The number of amides is 1. The highest BCUT2D eigenvalue weighted by molar-refractivity contribution is 8.01. The average molecular weight is 263 g/mol. The van der Waals surface area contributed by atoms with Gasteiger partial charge in [-0.2, -0.15) is 0 Å². The first-order chi connectivity index (χ1) is 8.79. The zero-order chi connectivity index (χ0) is 12.5. The molecule has 1 aromatic rings. The lowest BCUT2D eigenvalue weighted by Crippen LogP contribution is -2.35. The van der Waals surface area contributed by atoms with Gasteiger partial charge in [0, 0.05) is 31.0 Å². The second-order valence-corrected chi connectivity index (χ2v) is 5.10. The number of hydrogen-bond donors (Lipinski definition) is 1. The molecule has 0 saturated heterocycles. The highest BCUT2D eigenvalue weighted by Crippen LogP contribution is 2.39. The number of aryl methyl sites for hydroxylation is 1. The Labute approximate surface area is 109 Å². The van der Waals surface area contributed by atoms with Gasteiger partial charge in [-0.1, -0.05) is 0 Å². The van der Waals surface area contributed by atoms with Crippen LogP contribution in [0.15, 0.2) is 27.7 Å². The predicted molar refractivity (Wildman–Crippen MR) is 68.4 cm³/mol. The summed E-state index contributed by atoms with van der Waals surface area (Å²) in [6, 6.07) is -0.133. The minimum atomic E-state index is -0.133. The van der Waals surface area contributed by atoms with Crippen LogP contribution in [0.4, 0.5) is 0 Å². The lowest BCUT2D eigenvalue weighted by atomic mass is 10.0. The van der Waals surface area contributed by atoms with Gasteiger partial charge in [0.2, 0.25) is 6.41 Å². The maximum atomic E-state index is 11.2. The van der Waals surface area contributed by atoms with Gasteiger partial charge in [0.05, 0.1) is 0 Å². The summed E-state index contributed by atoms with van der Waals surface area (Å²) in [7, 11) is 0. The molecule has 2 aliphatic rings. The van der Waals surface area contributed by atoms with Crippen molar-refractivity contribution in [1.29, 1.82) is 0 Å². The van der Waals surface area contributed by atoms with Crippen LogP contribution in [-0.2, 0) is 11.2 Å². The van der Waals surface area contributed by atoms with Gasteiger partial charge in [0.1, 0.15) is 17.5 Å². The van der Waals surface area contributed by atoms with Crippen molar-refractivity contribution >= 4 is 18.4 Å². The van der Waals surface area contributed by atoms with Gasteiger partial charge in [0.15, 0.2) is 5.89 Å². The van der Waals surface area contributed by atoms with Crippen LogP contribution in [0.1, 0.15) is 23.4 Å². The number of nitrogens with one attached hydrogen (secondary N) is 1. The number of allylic oxidation sites excluding steroid dienone is 2. The van der Waals surface area contributed by atoms with E-state index in [0.29, 0.717) is 12.4 Å². The molecule has 0 spiro atoms. The summed E-state index contributed by atoms with van der Waals surface area (Å²) in [6.45, 7) is 2.50. The minimum Gasteiger partial charge on any atom is -0.446 e.